The molecule has 2 aromatic rings. The van der Waals surface area contributed by atoms with Gasteiger partial charge in [0.25, 0.3) is 5.91 Å². The van der Waals surface area contributed by atoms with Crippen LogP contribution in [0.15, 0.2) is 41.8 Å². The minimum Gasteiger partial charge on any atom is -0.497 e. The molecule has 0 radical (unpaired) electrons. The van der Waals surface area contributed by atoms with Crippen molar-refractivity contribution >= 4 is 23.2 Å². The molecule has 0 N–H and O–H groups in total. The second kappa shape index (κ2) is 8.35. The van der Waals surface area contributed by atoms with Gasteiger partial charge in [0.15, 0.2) is 0 Å². The largest absolute Gasteiger partial charge is 0.497 e. The second-order valence-corrected chi connectivity index (χ2v) is 8.55. The lowest BCUT2D eigenvalue weighted by atomic mass is 9.83. The molecule has 5 nitrogen and oxygen atoms in total. The van der Waals surface area contributed by atoms with Gasteiger partial charge < -0.3 is 14.5 Å². The van der Waals surface area contributed by atoms with Gasteiger partial charge in [-0.25, -0.2) is 0 Å². The standard InChI is InChI=1S/C22H26N2O3S/c1-27-18-8-6-16(7-9-18)14-21(25)23-12-10-19-17(15-23)4-2-11-24(19)22(26)20-5-3-13-28-20/h3,5-9,13,17,19H,2,4,10-12,14-15H2,1H3/t17-,19+/m1/s1. The first-order valence-electron chi connectivity index (χ1n) is 9.91. The molecular formula is C22H26N2O3S. The normalized spacial score (nSPS) is 21.9. The number of carbonyl (C=O) groups is 2. The topological polar surface area (TPSA) is 49.9 Å². The molecule has 0 unspecified atom stereocenters. The van der Waals surface area contributed by atoms with Crippen molar-refractivity contribution in [1.29, 1.82) is 0 Å². The smallest absolute Gasteiger partial charge is 0.264 e. The molecule has 0 bridgehead atoms. The third kappa shape index (κ3) is 3.92. The van der Waals surface area contributed by atoms with E-state index in [9.17, 15) is 9.59 Å². The van der Waals surface area contributed by atoms with E-state index in [1.54, 1.807) is 7.11 Å². The average molecular weight is 399 g/mol. The third-order valence-corrected chi connectivity index (χ3v) is 6.79. The summed E-state index contributed by atoms with van der Waals surface area (Å²) in [5.41, 5.74) is 1.01. The summed E-state index contributed by atoms with van der Waals surface area (Å²) in [7, 11) is 1.64. The number of thiophene rings is 1. The molecular weight excluding hydrogens is 372 g/mol. The van der Waals surface area contributed by atoms with E-state index in [2.05, 4.69) is 4.90 Å². The maximum absolute atomic E-state index is 12.9. The molecule has 2 saturated heterocycles. The number of rotatable bonds is 4. The van der Waals surface area contributed by atoms with Gasteiger partial charge in [-0.05, 0) is 54.3 Å². The Morgan fingerprint density at radius 1 is 1.14 bits per heavy atom. The second-order valence-electron chi connectivity index (χ2n) is 7.60. The zero-order valence-electron chi connectivity index (χ0n) is 16.2. The van der Waals surface area contributed by atoms with Crippen molar-refractivity contribution in [2.75, 3.05) is 26.7 Å². The van der Waals surface area contributed by atoms with Gasteiger partial charge in [0.2, 0.25) is 5.91 Å². The molecule has 148 valence electrons. The van der Waals surface area contributed by atoms with Gasteiger partial charge in [-0.2, -0.15) is 0 Å². The zero-order valence-corrected chi connectivity index (χ0v) is 17.0. The van der Waals surface area contributed by atoms with E-state index < -0.39 is 0 Å². The van der Waals surface area contributed by atoms with Gasteiger partial charge >= 0.3 is 0 Å². The Balaban J connectivity index is 1.38. The lowest BCUT2D eigenvalue weighted by Crippen LogP contribution is -2.56. The first-order chi connectivity index (χ1) is 13.7. The molecule has 6 heteroatoms. The van der Waals surface area contributed by atoms with E-state index in [0.29, 0.717) is 12.3 Å². The molecule has 1 aromatic carbocycles. The Bertz CT molecular complexity index is 819. The molecule has 2 atom stereocenters. The number of likely N-dealkylation sites (tertiary alicyclic amines) is 2. The van der Waals surface area contributed by atoms with Crippen molar-refractivity contribution in [1.82, 2.24) is 9.80 Å². The summed E-state index contributed by atoms with van der Waals surface area (Å²) in [5.74, 6) is 1.51. The molecule has 28 heavy (non-hydrogen) atoms. The molecule has 0 saturated carbocycles. The summed E-state index contributed by atoms with van der Waals surface area (Å²) in [6, 6.07) is 11.8. The summed E-state index contributed by atoms with van der Waals surface area (Å²) in [6.07, 6.45) is 3.39. The zero-order chi connectivity index (χ0) is 19.5. The van der Waals surface area contributed by atoms with Crippen LogP contribution in [0.25, 0.3) is 0 Å². The van der Waals surface area contributed by atoms with Crippen LogP contribution in [0.5, 0.6) is 5.75 Å². The van der Waals surface area contributed by atoms with Gasteiger partial charge in [-0.1, -0.05) is 18.2 Å². The Kier molecular flexibility index (Phi) is 5.67. The lowest BCUT2D eigenvalue weighted by molar-refractivity contribution is -0.133. The lowest BCUT2D eigenvalue weighted by Gasteiger charge is -2.47. The summed E-state index contributed by atoms with van der Waals surface area (Å²) in [6.45, 7) is 2.32. The monoisotopic (exact) mass is 398 g/mol. The SMILES string of the molecule is COc1ccc(CC(=O)N2CC[C@H]3[C@H](CCCN3C(=O)c3cccs3)C2)cc1. The Morgan fingerprint density at radius 3 is 2.68 bits per heavy atom. The van der Waals surface area contributed by atoms with Crippen molar-refractivity contribution in [3.8, 4) is 5.75 Å². The average Bonchev–Trinajstić information content (AvgIpc) is 3.28. The van der Waals surface area contributed by atoms with Crippen LogP contribution >= 0.6 is 11.3 Å². The summed E-state index contributed by atoms with van der Waals surface area (Å²) < 4.78 is 5.18. The highest BCUT2D eigenvalue weighted by Gasteiger charge is 2.39. The van der Waals surface area contributed by atoms with Gasteiger partial charge in [-0.3, -0.25) is 9.59 Å². The van der Waals surface area contributed by atoms with Gasteiger partial charge in [0.05, 0.1) is 18.4 Å². The van der Waals surface area contributed by atoms with Crippen LogP contribution in [0.3, 0.4) is 0 Å². The molecule has 4 rings (SSSR count). The number of ether oxygens (including phenoxy) is 1. The first kappa shape index (κ1) is 19.0. The molecule has 1 aromatic heterocycles. The van der Waals surface area contributed by atoms with Crippen molar-refractivity contribution in [3.63, 3.8) is 0 Å². The molecule has 2 amide bonds. The van der Waals surface area contributed by atoms with Gasteiger partial charge in [0, 0.05) is 25.7 Å². The van der Waals surface area contributed by atoms with Crippen molar-refractivity contribution < 1.29 is 14.3 Å². The number of piperidine rings is 2. The van der Waals surface area contributed by atoms with E-state index in [-0.39, 0.29) is 17.9 Å². The summed E-state index contributed by atoms with van der Waals surface area (Å²) in [5, 5.41) is 1.95. The van der Waals surface area contributed by atoms with Crippen LogP contribution < -0.4 is 4.74 Å². The maximum Gasteiger partial charge on any atom is 0.264 e. The predicted molar refractivity (Wildman–Crippen MR) is 110 cm³/mol. The number of fused-ring (bicyclic) bond motifs is 1. The third-order valence-electron chi connectivity index (χ3n) is 5.93. The first-order valence-corrected chi connectivity index (χ1v) is 10.8. The van der Waals surface area contributed by atoms with Crippen LogP contribution in [0, 0.1) is 5.92 Å². The minimum absolute atomic E-state index is 0.155. The fourth-order valence-corrected chi connectivity index (χ4v) is 5.13. The molecule has 2 aliphatic rings. The maximum atomic E-state index is 12.9. The van der Waals surface area contributed by atoms with Crippen LogP contribution in [0.4, 0.5) is 0 Å². The van der Waals surface area contributed by atoms with Gasteiger partial charge in [-0.15, -0.1) is 11.3 Å². The van der Waals surface area contributed by atoms with E-state index in [1.165, 1.54) is 11.3 Å². The fourth-order valence-electron chi connectivity index (χ4n) is 4.45. The molecule has 0 spiro atoms. The number of methoxy groups -OCH3 is 1. The highest BCUT2D eigenvalue weighted by molar-refractivity contribution is 7.12. The van der Waals surface area contributed by atoms with Crippen LogP contribution in [0.1, 0.15) is 34.5 Å². The molecule has 2 fully saturated rings. The number of amides is 2. The molecule has 0 aliphatic carbocycles. The quantitative estimate of drug-likeness (QED) is 0.793. The van der Waals surface area contributed by atoms with Crippen molar-refractivity contribution in [2.24, 2.45) is 5.92 Å². The van der Waals surface area contributed by atoms with Crippen LogP contribution in [0.2, 0.25) is 0 Å². The van der Waals surface area contributed by atoms with E-state index >= 15 is 0 Å². The number of carbonyl (C=O) groups excluding carboxylic acids is 2. The Labute approximate surface area is 169 Å². The van der Waals surface area contributed by atoms with E-state index in [4.69, 9.17) is 4.74 Å². The van der Waals surface area contributed by atoms with Gasteiger partial charge in [0.1, 0.15) is 5.75 Å². The predicted octanol–water partition coefficient (Wildman–Crippen LogP) is 3.45. The van der Waals surface area contributed by atoms with Crippen molar-refractivity contribution in [3.05, 3.63) is 52.2 Å². The van der Waals surface area contributed by atoms with Crippen molar-refractivity contribution in [2.45, 2.75) is 31.7 Å². The number of benzene rings is 1. The summed E-state index contributed by atoms with van der Waals surface area (Å²) >= 11 is 1.51. The number of hydrogen-bond acceptors (Lipinski definition) is 4. The van der Waals surface area contributed by atoms with E-state index in [1.807, 2.05) is 46.7 Å². The number of hydrogen-bond donors (Lipinski definition) is 0. The van der Waals surface area contributed by atoms with Crippen LogP contribution in [-0.4, -0.2) is 54.4 Å². The highest BCUT2D eigenvalue weighted by Crippen LogP contribution is 2.32. The number of nitrogens with zero attached hydrogens (tertiary/aromatic N) is 2. The summed E-state index contributed by atoms with van der Waals surface area (Å²) in [4.78, 5) is 30.6. The Morgan fingerprint density at radius 2 is 1.96 bits per heavy atom. The molecule has 3 heterocycles. The Hall–Kier alpha value is -2.34. The fraction of sp³-hybridized carbons (Fsp3) is 0.455. The minimum atomic E-state index is 0.155. The van der Waals surface area contributed by atoms with Crippen LogP contribution in [-0.2, 0) is 11.2 Å². The van der Waals surface area contributed by atoms with E-state index in [0.717, 1.165) is 55.1 Å². The molecule has 2 aliphatic heterocycles. The highest BCUT2D eigenvalue weighted by atomic mass is 32.1.